The Hall–Kier alpha value is -2.37. The molecule has 1 saturated heterocycles. The van der Waals surface area contributed by atoms with Gasteiger partial charge in [0.1, 0.15) is 12.9 Å². The number of piperidine rings is 1. The second kappa shape index (κ2) is 14.9. The molecule has 2 aromatic rings. The highest BCUT2D eigenvalue weighted by molar-refractivity contribution is 5.54. The number of likely N-dealkylation sites (tertiary alicyclic amines) is 1. The Balaban J connectivity index is 0.000000643. The number of carbonyl (C=O) groups is 1. The molecule has 1 N–H and O–H groups in total. The van der Waals surface area contributed by atoms with Gasteiger partial charge in [0, 0.05) is 30.7 Å². The molecule has 1 heterocycles. The topological polar surface area (TPSA) is 59.0 Å². The van der Waals surface area contributed by atoms with Crippen molar-refractivity contribution in [3.8, 4) is 11.5 Å². The maximum absolute atomic E-state index is 11.6. The molecule has 5 nitrogen and oxygen atoms in total. The first-order valence-corrected chi connectivity index (χ1v) is 15.0. The zero-order valence-corrected chi connectivity index (χ0v) is 25.1. The van der Waals surface area contributed by atoms with Gasteiger partial charge in [-0.15, -0.1) is 0 Å². The van der Waals surface area contributed by atoms with Crippen molar-refractivity contribution >= 4 is 6.29 Å². The Bertz CT molecular complexity index is 1020. The van der Waals surface area contributed by atoms with Gasteiger partial charge in [-0.2, -0.15) is 0 Å². The third kappa shape index (κ3) is 7.64. The fourth-order valence-electron chi connectivity index (χ4n) is 6.75. The van der Waals surface area contributed by atoms with Crippen LogP contribution in [-0.4, -0.2) is 48.6 Å². The van der Waals surface area contributed by atoms with E-state index in [-0.39, 0.29) is 11.5 Å². The van der Waals surface area contributed by atoms with Gasteiger partial charge >= 0.3 is 0 Å². The van der Waals surface area contributed by atoms with Crippen LogP contribution in [0.15, 0.2) is 42.5 Å². The molecule has 2 aliphatic carbocycles. The van der Waals surface area contributed by atoms with Gasteiger partial charge in [-0.25, -0.2) is 0 Å². The number of phenolic OH excluding ortho intramolecular Hbond substituents is 1. The Labute approximate surface area is 236 Å². The standard InChI is InChI=1S/C29H39NO3.C3H8.C2H4O/c1-20-9-14-26(33-19-23-7-5-4-6-8-23)28(31)27(20)29-15-16-30(18-22-10-11-22)21(2)25(29)13-12-24(17-29)32-3;1-3-2;1-2-3/h4-9,14,21-22,24-25,31H,10-13,15-19H2,1-3H3;3H2,1-2H3;2H,1H3. The van der Waals surface area contributed by atoms with Crippen molar-refractivity contribution in [3.63, 3.8) is 0 Å². The summed E-state index contributed by atoms with van der Waals surface area (Å²) in [5, 5.41) is 11.6. The first-order chi connectivity index (χ1) is 18.8. The van der Waals surface area contributed by atoms with E-state index < -0.39 is 0 Å². The second-order valence-corrected chi connectivity index (χ2v) is 11.7. The van der Waals surface area contributed by atoms with Gasteiger partial charge in [-0.05, 0) is 94.9 Å². The van der Waals surface area contributed by atoms with Crippen LogP contribution < -0.4 is 4.74 Å². The van der Waals surface area contributed by atoms with Gasteiger partial charge < -0.3 is 24.3 Å². The fraction of sp³-hybridized carbons (Fsp3) is 0.618. The van der Waals surface area contributed by atoms with E-state index in [0.717, 1.165) is 55.6 Å². The highest BCUT2D eigenvalue weighted by Crippen LogP contribution is 2.56. The minimum atomic E-state index is -0.0708. The molecule has 4 atom stereocenters. The monoisotopic (exact) mass is 537 g/mol. The van der Waals surface area contributed by atoms with Crippen LogP contribution in [0.5, 0.6) is 11.5 Å². The SMILES string of the molecule is CC=O.CCC.COC1CCC2C(C)N(CC3CC3)CCC2(c2c(C)ccc(OCc3ccccc3)c2O)C1. The molecular weight excluding hydrogens is 486 g/mol. The van der Waals surface area contributed by atoms with E-state index in [1.807, 2.05) is 31.4 Å². The van der Waals surface area contributed by atoms with Crippen LogP contribution in [-0.2, 0) is 21.6 Å². The van der Waals surface area contributed by atoms with Gasteiger partial charge in [-0.3, -0.25) is 0 Å². The molecule has 2 aromatic carbocycles. The van der Waals surface area contributed by atoms with Crippen LogP contribution in [0.2, 0.25) is 0 Å². The van der Waals surface area contributed by atoms with E-state index in [0.29, 0.717) is 30.1 Å². The Kier molecular flexibility index (Phi) is 11.9. The van der Waals surface area contributed by atoms with Gasteiger partial charge in [0.25, 0.3) is 0 Å². The number of aryl methyl sites for hydroxylation is 1. The maximum Gasteiger partial charge on any atom is 0.161 e. The number of aldehydes is 1. The third-order valence-corrected chi connectivity index (χ3v) is 8.71. The normalized spacial score (nSPS) is 26.3. The number of hydrogen-bond donors (Lipinski definition) is 1. The second-order valence-electron chi connectivity index (χ2n) is 11.7. The number of methoxy groups -OCH3 is 1. The van der Waals surface area contributed by atoms with Crippen molar-refractivity contribution < 1.29 is 19.4 Å². The summed E-state index contributed by atoms with van der Waals surface area (Å²) in [6, 6.07) is 14.8. The van der Waals surface area contributed by atoms with Crippen LogP contribution in [0, 0.1) is 18.8 Å². The molecule has 1 aliphatic heterocycles. The lowest BCUT2D eigenvalue weighted by molar-refractivity contribution is -0.106. The van der Waals surface area contributed by atoms with Crippen LogP contribution in [0.3, 0.4) is 0 Å². The molecule has 0 amide bonds. The van der Waals surface area contributed by atoms with Crippen molar-refractivity contribution in [2.24, 2.45) is 11.8 Å². The number of rotatable bonds is 7. The Morgan fingerprint density at radius 1 is 1.08 bits per heavy atom. The van der Waals surface area contributed by atoms with Gasteiger partial charge in [0.15, 0.2) is 11.5 Å². The number of aromatic hydroxyl groups is 1. The van der Waals surface area contributed by atoms with E-state index >= 15 is 0 Å². The van der Waals surface area contributed by atoms with Crippen molar-refractivity contribution in [2.45, 2.75) is 104 Å². The van der Waals surface area contributed by atoms with Crippen LogP contribution >= 0.6 is 0 Å². The summed E-state index contributed by atoms with van der Waals surface area (Å²) in [6.45, 7) is 13.1. The lowest BCUT2D eigenvalue weighted by Crippen LogP contribution is -2.58. The zero-order valence-electron chi connectivity index (χ0n) is 25.1. The lowest BCUT2D eigenvalue weighted by atomic mass is 9.55. The summed E-state index contributed by atoms with van der Waals surface area (Å²) in [7, 11) is 1.84. The molecule has 0 aromatic heterocycles. The van der Waals surface area contributed by atoms with E-state index in [4.69, 9.17) is 14.3 Å². The maximum atomic E-state index is 11.6. The first kappa shape index (κ1) is 31.2. The average molecular weight is 538 g/mol. The van der Waals surface area contributed by atoms with Crippen molar-refractivity contribution in [1.29, 1.82) is 0 Å². The molecule has 0 spiro atoms. The number of hydrogen-bond acceptors (Lipinski definition) is 5. The number of carbonyl (C=O) groups excluding carboxylic acids is 1. The molecular formula is C34H51NO4. The highest BCUT2D eigenvalue weighted by atomic mass is 16.5. The highest BCUT2D eigenvalue weighted by Gasteiger charge is 2.53. The lowest BCUT2D eigenvalue weighted by Gasteiger charge is -2.56. The molecule has 5 heteroatoms. The Morgan fingerprint density at radius 3 is 2.36 bits per heavy atom. The van der Waals surface area contributed by atoms with Crippen LogP contribution in [0.4, 0.5) is 0 Å². The smallest absolute Gasteiger partial charge is 0.161 e. The molecule has 216 valence electrons. The molecule has 0 bridgehead atoms. The summed E-state index contributed by atoms with van der Waals surface area (Å²) in [5.74, 6) is 2.36. The molecule has 0 radical (unpaired) electrons. The number of ether oxygens (including phenoxy) is 2. The van der Waals surface area contributed by atoms with Gasteiger partial charge in [0.2, 0.25) is 0 Å². The summed E-state index contributed by atoms with van der Waals surface area (Å²) >= 11 is 0. The average Bonchev–Trinajstić information content (AvgIpc) is 3.75. The predicted octanol–water partition coefficient (Wildman–Crippen LogP) is 7.46. The van der Waals surface area contributed by atoms with E-state index in [9.17, 15) is 5.11 Å². The largest absolute Gasteiger partial charge is 0.504 e. The van der Waals surface area contributed by atoms with Crippen LogP contribution in [0.25, 0.3) is 0 Å². The number of phenols is 1. The van der Waals surface area contributed by atoms with Crippen molar-refractivity contribution in [2.75, 3.05) is 20.2 Å². The molecule has 39 heavy (non-hydrogen) atoms. The zero-order chi connectivity index (χ0) is 28.4. The fourth-order valence-corrected chi connectivity index (χ4v) is 6.75. The molecule has 3 aliphatic rings. The van der Waals surface area contributed by atoms with Crippen molar-refractivity contribution in [1.82, 2.24) is 4.90 Å². The number of nitrogens with zero attached hydrogens (tertiary/aromatic N) is 1. The summed E-state index contributed by atoms with van der Waals surface area (Å²) in [6.07, 6.45) is 9.34. The van der Waals surface area contributed by atoms with Crippen LogP contribution in [0.1, 0.15) is 89.3 Å². The minimum absolute atomic E-state index is 0.0708. The van der Waals surface area contributed by atoms with Crippen molar-refractivity contribution in [3.05, 3.63) is 59.2 Å². The molecule has 3 fully saturated rings. The van der Waals surface area contributed by atoms with Gasteiger partial charge in [-0.1, -0.05) is 56.7 Å². The third-order valence-electron chi connectivity index (χ3n) is 8.71. The summed E-state index contributed by atoms with van der Waals surface area (Å²) < 4.78 is 12.1. The predicted molar refractivity (Wildman–Crippen MR) is 160 cm³/mol. The molecule has 5 rings (SSSR count). The number of fused-ring (bicyclic) bond motifs is 1. The minimum Gasteiger partial charge on any atom is -0.504 e. The van der Waals surface area contributed by atoms with E-state index in [2.05, 4.69) is 50.8 Å². The summed E-state index contributed by atoms with van der Waals surface area (Å²) in [4.78, 5) is 11.5. The van der Waals surface area contributed by atoms with Gasteiger partial charge in [0.05, 0.1) is 6.10 Å². The molecule has 2 saturated carbocycles. The molecule has 4 unspecified atom stereocenters. The van der Waals surface area contributed by atoms with E-state index in [1.54, 1.807) is 0 Å². The first-order valence-electron chi connectivity index (χ1n) is 15.0. The van der Waals surface area contributed by atoms with E-state index in [1.165, 1.54) is 38.3 Å². The Morgan fingerprint density at radius 2 is 1.74 bits per heavy atom. The number of benzene rings is 2. The quantitative estimate of drug-likeness (QED) is 0.372. The summed E-state index contributed by atoms with van der Waals surface area (Å²) in [5.41, 5.74) is 3.31.